The molecule has 1 unspecified atom stereocenters. The number of nitrogens with one attached hydrogen (secondary N) is 1. The van der Waals surface area contributed by atoms with Crippen LogP contribution in [0.15, 0.2) is 53.7 Å². The van der Waals surface area contributed by atoms with E-state index in [0.717, 1.165) is 31.7 Å². The van der Waals surface area contributed by atoms with Gasteiger partial charge in [0.25, 0.3) is 5.76 Å². The Kier molecular flexibility index (Phi) is 5.59. The zero-order valence-electron chi connectivity index (χ0n) is 12.7. The maximum absolute atomic E-state index is 12.4. The van der Waals surface area contributed by atoms with Crippen molar-refractivity contribution in [3.63, 3.8) is 0 Å². The number of halogens is 2. The van der Waals surface area contributed by atoms with E-state index in [1.165, 1.54) is 5.56 Å². The van der Waals surface area contributed by atoms with Gasteiger partial charge < -0.3 is 5.32 Å². The van der Waals surface area contributed by atoms with E-state index < -0.39 is 5.76 Å². The minimum Gasteiger partial charge on any atom is -0.314 e. The second kappa shape index (κ2) is 7.86. The van der Waals surface area contributed by atoms with Crippen molar-refractivity contribution in [3.8, 4) is 0 Å². The maximum atomic E-state index is 12.4. The van der Waals surface area contributed by atoms with Crippen LogP contribution in [0.3, 0.4) is 0 Å². The van der Waals surface area contributed by atoms with Crippen molar-refractivity contribution < 1.29 is 8.78 Å². The molecule has 1 aromatic carbocycles. The van der Waals surface area contributed by atoms with E-state index >= 15 is 0 Å². The van der Waals surface area contributed by atoms with Gasteiger partial charge in [-0.25, -0.2) is 0 Å². The Hall–Kier alpha value is -1.50. The van der Waals surface area contributed by atoms with Gasteiger partial charge in [-0.15, -0.1) is 0 Å². The quantitative estimate of drug-likeness (QED) is 0.846. The number of pyridine rings is 1. The van der Waals surface area contributed by atoms with Crippen LogP contribution in [0, 0.1) is 0 Å². The first-order valence-electron chi connectivity index (χ1n) is 7.61. The van der Waals surface area contributed by atoms with Gasteiger partial charge in [0.15, 0.2) is 0 Å². The molecule has 2 heterocycles. The van der Waals surface area contributed by atoms with Crippen LogP contribution in [0.2, 0.25) is 0 Å². The molecule has 2 aromatic rings. The number of piperazine rings is 1. The third-order valence-electron chi connectivity index (χ3n) is 3.96. The lowest BCUT2D eigenvalue weighted by Crippen LogP contribution is -2.45. The molecule has 1 fully saturated rings. The first kappa shape index (κ1) is 16.4. The van der Waals surface area contributed by atoms with Crippen molar-refractivity contribution in [2.24, 2.45) is 0 Å². The van der Waals surface area contributed by atoms with E-state index in [4.69, 9.17) is 0 Å². The molecule has 0 spiro atoms. The van der Waals surface area contributed by atoms with Gasteiger partial charge in [0.1, 0.15) is 0 Å². The van der Waals surface area contributed by atoms with Crippen LogP contribution in [0.4, 0.5) is 8.78 Å². The lowest BCUT2D eigenvalue weighted by molar-refractivity contribution is 0.153. The summed E-state index contributed by atoms with van der Waals surface area (Å²) in [6, 6.07) is 11.8. The molecule has 1 aliphatic rings. The molecule has 3 nitrogen and oxygen atoms in total. The summed E-state index contributed by atoms with van der Waals surface area (Å²) in [4.78, 5) is 7.22. The van der Waals surface area contributed by atoms with Crippen molar-refractivity contribution in [1.29, 1.82) is 0 Å². The summed E-state index contributed by atoms with van der Waals surface area (Å²) < 4.78 is 24.7. The fourth-order valence-corrected chi connectivity index (χ4v) is 3.35. The highest BCUT2D eigenvalue weighted by Gasteiger charge is 2.23. The molecule has 6 heteroatoms. The average Bonchev–Trinajstić information content (AvgIpc) is 2.57. The molecule has 0 aliphatic carbocycles. The standard InChI is InChI=1S/C17H19F2N3S/c18-17(19)23-15-5-3-13(4-6-15)12-22-9-8-21-11-16(22)14-2-1-7-20-10-14/h1-7,10,16-17,21H,8-9,11-12H2. The number of hydrogen-bond acceptors (Lipinski definition) is 4. The normalized spacial score (nSPS) is 19.2. The topological polar surface area (TPSA) is 28.2 Å². The summed E-state index contributed by atoms with van der Waals surface area (Å²) >= 11 is 0.585. The number of hydrogen-bond donors (Lipinski definition) is 1. The van der Waals surface area contributed by atoms with Gasteiger partial charge in [0.05, 0.1) is 0 Å². The van der Waals surface area contributed by atoms with Crippen LogP contribution in [0.25, 0.3) is 0 Å². The first-order valence-corrected chi connectivity index (χ1v) is 8.49. The minimum atomic E-state index is -2.37. The van der Waals surface area contributed by atoms with Crippen LogP contribution in [0.1, 0.15) is 17.2 Å². The van der Waals surface area contributed by atoms with Gasteiger partial charge >= 0.3 is 0 Å². The van der Waals surface area contributed by atoms with E-state index in [1.54, 1.807) is 18.3 Å². The number of benzene rings is 1. The Morgan fingerprint density at radius 3 is 2.78 bits per heavy atom. The maximum Gasteiger partial charge on any atom is 0.288 e. The Bertz CT molecular complexity index is 607. The molecule has 0 saturated carbocycles. The fraction of sp³-hybridized carbons (Fsp3) is 0.353. The number of alkyl halides is 2. The van der Waals surface area contributed by atoms with Crippen molar-refractivity contribution in [2.75, 3.05) is 19.6 Å². The molecule has 3 rings (SSSR count). The fourth-order valence-electron chi connectivity index (χ4n) is 2.85. The third-order valence-corrected chi connectivity index (χ3v) is 4.68. The molecule has 23 heavy (non-hydrogen) atoms. The van der Waals surface area contributed by atoms with E-state index in [1.807, 2.05) is 24.4 Å². The average molecular weight is 335 g/mol. The van der Waals surface area contributed by atoms with E-state index in [9.17, 15) is 8.78 Å². The van der Waals surface area contributed by atoms with Crippen LogP contribution in [0.5, 0.6) is 0 Å². The largest absolute Gasteiger partial charge is 0.314 e. The lowest BCUT2D eigenvalue weighted by atomic mass is 10.0. The van der Waals surface area contributed by atoms with Crippen molar-refractivity contribution in [3.05, 3.63) is 59.9 Å². The van der Waals surface area contributed by atoms with E-state index in [0.29, 0.717) is 16.7 Å². The third kappa shape index (κ3) is 4.50. The Morgan fingerprint density at radius 1 is 1.26 bits per heavy atom. The Balaban J connectivity index is 1.69. The number of nitrogens with zero attached hydrogens (tertiary/aromatic N) is 2. The molecule has 1 aromatic heterocycles. The predicted molar refractivity (Wildman–Crippen MR) is 88.6 cm³/mol. The molecular formula is C17H19F2N3S. The van der Waals surface area contributed by atoms with E-state index in [2.05, 4.69) is 21.3 Å². The molecule has 1 N–H and O–H groups in total. The summed E-state index contributed by atoms with van der Waals surface area (Å²) in [5.74, 6) is -2.37. The molecule has 0 bridgehead atoms. The second-order valence-electron chi connectivity index (χ2n) is 5.50. The summed E-state index contributed by atoms with van der Waals surface area (Å²) in [6.45, 7) is 3.61. The number of thioether (sulfide) groups is 1. The van der Waals surface area contributed by atoms with Gasteiger partial charge in [-0.3, -0.25) is 9.88 Å². The summed E-state index contributed by atoms with van der Waals surface area (Å²) in [7, 11) is 0. The molecule has 1 aliphatic heterocycles. The van der Waals surface area contributed by atoms with Gasteiger partial charge in [0, 0.05) is 49.5 Å². The van der Waals surface area contributed by atoms with Gasteiger partial charge in [0.2, 0.25) is 0 Å². The SMILES string of the molecule is FC(F)Sc1ccc(CN2CCNCC2c2cccnc2)cc1. The molecule has 1 saturated heterocycles. The van der Waals surface area contributed by atoms with Crippen LogP contribution >= 0.6 is 11.8 Å². The minimum absolute atomic E-state index is 0.285. The smallest absolute Gasteiger partial charge is 0.288 e. The van der Waals surface area contributed by atoms with Gasteiger partial charge in [-0.05, 0) is 29.3 Å². The molecule has 0 amide bonds. The van der Waals surface area contributed by atoms with Crippen molar-refractivity contribution in [1.82, 2.24) is 15.2 Å². The van der Waals surface area contributed by atoms with E-state index in [-0.39, 0.29) is 6.04 Å². The van der Waals surface area contributed by atoms with Gasteiger partial charge in [-0.2, -0.15) is 8.78 Å². The number of aromatic nitrogens is 1. The highest BCUT2D eigenvalue weighted by atomic mass is 32.2. The molecule has 0 radical (unpaired) electrons. The van der Waals surface area contributed by atoms with Crippen LogP contribution < -0.4 is 5.32 Å². The highest BCUT2D eigenvalue weighted by Crippen LogP contribution is 2.27. The Labute approximate surface area is 139 Å². The van der Waals surface area contributed by atoms with Crippen LogP contribution in [-0.4, -0.2) is 35.3 Å². The number of rotatable bonds is 5. The molecule has 1 atom stereocenters. The zero-order chi connectivity index (χ0) is 16.1. The zero-order valence-corrected chi connectivity index (χ0v) is 13.5. The predicted octanol–water partition coefficient (Wildman–Crippen LogP) is 3.54. The van der Waals surface area contributed by atoms with Crippen molar-refractivity contribution in [2.45, 2.75) is 23.2 Å². The summed E-state index contributed by atoms with van der Waals surface area (Å²) in [6.07, 6.45) is 3.69. The summed E-state index contributed by atoms with van der Waals surface area (Å²) in [5.41, 5.74) is 2.34. The first-order chi connectivity index (χ1) is 11.2. The van der Waals surface area contributed by atoms with Gasteiger partial charge in [-0.1, -0.05) is 30.0 Å². The lowest BCUT2D eigenvalue weighted by Gasteiger charge is -2.36. The summed E-state index contributed by atoms with van der Waals surface area (Å²) in [5, 5.41) is 3.42. The molecular weight excluding hydrogens is 316 g/mol. The van der Waals surface area contributed by atoms with Crippen molar-refractivity contribution >= 4 is 11.8 Å². The second-order valence-corrected chi connectivity index (χ2v) is 6.56. The molecule has 122 valence electrons. The monoisotopic (exact) mass is 335 g/mol. The Morgan fingerprint density at radius 2 is 2.09 bits per heavy atom. The highest BCUT2D eigenvalue weighted by molar-refractivity contribution is 7.99. The van der Waals surface area contributed by atoms with Crippen LogP contribution in [-0.2, 0) is 6.54 Å².